The summed E-state index contributed by atoms with van der Waals surface area (Å²) in [4.78, 5) is 15.4. The maximum absolute atomic E-state index is 4.51. The van der Waals surface area contributed by atoms with Crippen LogP contribution in [0.4, 0.5) is 5.95 Å². The monoisotopic (exact) mass is 244 g/mol. The molecule has 94 valence electrons. The number of aromatic nitrogens is 5. The second-order valence-corrected chi connectivity index (χ2v) is 4.57. The van der Waals surface area contributed by atoms with Gasteiger partial charge >= 0.3 is 0 Å². The van der Waals surface area contributed by atoms with E-state index >= 15 is 0 Å². The molecule has 1 aliphatic rings. The van der Waals surface area contributed by atoms with Crippen molar-refractivity contribution >= 4 is 5.95 Å². The van der Waals surface area contributed by atoms with Crippen LogP contribution in [0.5, 0.6) is 0 Å². The predicted molar refractivity (Wildman–Crippen MR) is 67.1 cm³/mol. The number of hydrogen-bond donors (Lipinski definition) is 1. The first kappa shape index (κ1) is 11.1. The first-order valence-electron chi connectivity index (χ1n) is 6.26. The third kappa shape index (κ3) is 2.05. The van der Waals surface area contributed by atoms with Crippen LogP contribution in [0.15, 0.2) is 18.6 Å². The first-order valence-corrected chi connectivity index (χ1v) is 6.26. The van der Waals surface area contributed by atoms with Gasteiger partial charge in [-0.2, -0.15) is 5.10 Å². The van der Waals surface area contributed by atoms with Gasteiger partial charge in [-0.3, -0.25) is 5.10 Å². The summed E-state index contributed by atoms with van der Waals surface area (Å²) in [6.45, 7) is 2.95. The standard InChI is InChI=1S/C12H16N6/c1-9-5-6-13-12(16-9)18-7-3-2-4-10(18)11-14-8-15-17-11/h5-6,8,10H,2-4,7H2,1H3,(H,14,15,17). The number of aromatic amines is 1. The van der Waals surface area contributed by atoms with E-state index in [0.29, 0.717) is 0 Å². The lowest BCUT2D eigenvalue weighted by Gasteiger charge is -2.34. The SMILES string of the molecule is Cc1ccnc(N2CCCCC2c2ncn[nH]2)n1. The molecule has 6 nitrogen and oxygen atoms in total. The van der Waals surface area contributed by atoms with Crippen molar-refractivity contribution in [2.45, 2.75) is 32.2 Å². The Morgan fingerprint density at radius 3 is 3.06 bits per heavy atom. The predicted octanol–water partition coefficient (Wildman–Crippen LogP) is 1.63. The van der Waals surface area contributed by atoms with Gasteiger partial charge in [-0.25, -0.2) is 15.0 Å². The van der Waals surface area contributed by atoms with Gasteiger partial charge in [-0.1, -0.05) is 0 Å². The van der Waals surface area contributed by atoms with Crippen LogP contribution in [0, 0.1) is 6.92 Å². The number of nitrogens with zero attached hydrogens (tertiary/aromatic N) is 5. The highest BCUT2D eigenvalue weighted by atomic mass is 15.3. The van der Waals surface area contributed by atoms with Crippen LogP contribution in [-0.4, -0.2) is 31.7 Å². The topological polar surface area (TPSA) is 70.6 Å². The van der Waals surface area contributed by atoms with Crippen molar-refractivity contribution in [3.05, 3.63) is 30.1 Å². The van der Waals surface area contributed by atoms with Gasteiger partial charge in [0, 0.05) is 18.4 Å². The second-order valence-electron chi connectivity index (χ2n) is 4.57. The van der Waals surface area contributed by atoms with E-state index in [9.17, 15) is 0 Å². The number of piperidine rings is 1. The van der Waals surface area contributed by atoms with Crippen molar-refractivity contribution in [3.63, 3.8) is 0 Å². The van der Waals surface area contributed by atoms with E-state index in [1.165, 1.54) is 12.8 Å². The highest BCUT2D eigenvalue weighted by molar-refractivity contribution is 5.34. The van der Waals surface area contributed by atoms with Gasteiger partial charge in [0.2, 0.25) is 5.95 Å². The quantitative estimate of drug-likeness (QED) is 0.869. The summed E-state index contributed by atoms with van der Waals surface area (Å²) < 4.78 is 0. The van der Waals surface area contributed by atoms with E-state index in [2.05, 4.69) is 30.0 Å². The van der Waals surface area contributed by atoms with Crippen molar-refractivity contribution in [2.75, 3.05) is 11.4 Å². The molecule has 3 heterocycles. The van der Waals surface area contributed by atoms with E-state index < -0.39 is 0 Å². The minimum absolute atomic E-state index is 0.211. The fraction of sp³-hybridized carbons (Fsp3) is 0.500. The normalized spacial score (nSPS) is 20.1. The van der Waals surface area contributed by atoms with Crippen LogP contribution in [0.25, 0.3) is 0 Å². The number of nitrogens with one attached hydrogen (secondary N) is 1. The van der Waals surface area contributed by atoms with Crippen LogP contribution in [0.1, 0.15) is 36.8 Å². The highest BCUT2D eigenvalue weighted by Crippen LogP contribution is 2.31. The van der Waals surface area contributed by atoms with Crippen LogP contribution >= 0.6 is 0 Å². The summed E-state index contributed by atoms with van der Waals surface area (Å²) in [6.07, 6.45) is 6.80. The van der Waals surface area contributed by atoms with Gasteiger partial charge in [0.05, 0.1) is 6.04 Å². The molecule has 1 atom stereocenters. The molecular formula is C12H16N6. The summed E-state index contributed by atoms with van der Waals surface area (Å²) >= 11 is 0. The zero-order valence-corrected chi connectivity index (χ0v) is 10.4. The van der Waals surface area contributed by atoms with Crippen molar-refractivity contribution in [2.24, 2.45) is 0 Å². The van der Waals surface area contributed by atoms with E-state index in [1.54, 1.807) is 6.33 Å². The Labute approximate surface area is 105 Å². The number of aryl methyl sites for hydroxylation is 1. The number of H-pyrrole nitrogens is 1. The van der Waals surface area contributed by atoms with Gasteiger partial charge < -0.3 is 4.90 Å². The summed E-state index contributed by atoms with van der Waals surface area (Å²) in [7, 11) is 0. The lowest BCUT2D eigenvalue weighted by Crippen LogP contribution is -2.35. The lowest BCUT2D eigenvalue weighted by molar-refractivity contribution is 0.450. The molecule has 3 rings (SSSR count). The Balaban J connectivity index is 1.93. The Hall–Kier alpha value is -1.98. The van der Waals surface area contributed by atoms with Crippen LogP contribution in [0.2, 0.25) is 0 Å². The average Bonchev–Trinajstić information content (AvgIpc) is 2.92. The number of anilines is 1. The molecule has 1 fully saturated rings. The summed E-state index contributed by atoms with van der Waals surface area (Å²) in [5.74, 6) is 1.69. The molecular weight excluding hydrogens is 228 g/mol. The third-order valence-electron chi connectivity index (χ3n) is 3.29. The molecule has 0 radical (unpaired) electrons. The van der Waals surface area contributed by atoms with E-state index in [1.807, 2.05) is 19.2 Å². The summed E-state index contributed by atoms with van der Waals surface area (Å²) in [6, 6.07) is 2.12. The fourth-order valence-corrected chi connectivity index (χ4v) is 2.40. The van der Waals surface area contributed by atoms with Crippen molar-refractivity contribution in [1.82, 2.24) is 25.1 Å². The van der Waals surface area contributed by atoms with Crippen LogP contribution < -0.4 is 4.90 Å². The molecule has 1 unspecified atom stereocenters. The highest BCUT2D eigenvalue weighted by Gasteiger charge is 2.27. The molecule has 2 aromatic rings. The van der Waals surface area contributed by atoms with E-state index in [4.69, 9.17) is 0 Å². The third-order valence-corrected chi connectivity index (χ3v) is 3.29. The average molecular weight is 244 g/mol. The van der Waals surface area contributed by atoms with Gasteiger partial charge in [0.25, 0.3) is 0 Å². The Morgan fingerprint density at radius 1 is 1.33 bits per heavy atom. The first-order chi connectivity index (χ1) is 8.84. The Morgan fingerprint density at radius 2 is 2.28 bits per heavy atom. The van der Waals surface area contributed by atoms with Crippen molar-refractivity contribution in [3.8, 4) is 0 Å². The fourth-order valence-electron chi connectivity index (χ4n) is 2.40. The molecule has 18 heavy (non-hydrogen) atoms. The van der Waals surface area contributed by atoms with Crippen LogP contribution in [-0.2, 0) is 0 Å². The maximum Gasteiger partial charge on any atom is 0.226 e. The zero-order valence-electron chi connectivity index (χ0n) is 10.4. The van der Waals surface area contributed by atoms with Crippen molar-refractivity contribution in [1.29, 1.82) is 0 Å². The molecule has 1 aliphatic heterocycles. The number of rotatable bonds is 2. The van der Waals surface area contributed by atoms with Crippen molar-refractivity contribution < 1.29 is 0 Å². The molecule has 0 aromatic carbocycles. The second kappa shape index (κ2) is 4.72. The summed E-state index contributed by atoms with van der Waals surface area (Å²) in [5, 5.41) is 6.90. The molecule has 0 spiro atoms. The van der Waals surface area contributed by atoms with Gasteiger partial charge in [0.1, 0.15) is 12.2 Å². The van der Waals surface area contributed by atoms with Gasteiger partial charge in [-0.15, -0.1) is 0 Å². The lowest BCUT2D eigenvalue weighted by atomic mass is 10.0. The van der Waals surface area contributed by atoms with Gasteiger partial charge in [0.15, 0.2) is 0 Å². The molecule has 0 saturated carbocycles. The Bertz CT molecular complexity index is 509. The minimum Gasteiger partial charge on any atom is -0.331 e. The summed E-state index contributed by atoms with van der Waals surface area (Å²) in [5.41, 5.74) is 0.988. The largest absolute Gasteiger partial charge is 0.331 e. The molecule has 1 saturated heterocycles. The molecule has 0 bridgehead atoms. The smallest absolute Gasteiger partial charge is 0.226 e. The van der Waals surface area contributed by atoms with E-state index in [-0.39, 0.29) is 6.04 Å². The number of hydrogen-bond acceptors (Lipinski definition) is 5. The van der Waals surface area contributed by atoms with Crippen LogP contribution in [0.3, 0.4) is 0 Å². The van der Waals surface area contributed by atoms with E-state index in [0.717, 1.165) is 30.4 Å². The molecule has 2 aromatic heterocycles. The zero-order chi connectivity index (χ0) is 12.4. The molecule has 0 amide bonds. The maximum atomic E-state index is 4.51. The Kier molecular flexibility index (Phi) is 2.92. The molecule has 0 aliphatic carbocycles. The van der Waals surface area contributed by atoms with Gasteiger partial charge in [-0.05, 0) is 32.3 Å². The minimum atomic E-state index is 0.211. The molecule has 1 N–H and O–H groups in total. The molecule has 6 heteroatoms.